The third kappa shape index (κ3) is 4.72. The Labute approximate surface area is 102 Å². The number of hydrogen-bond acceptors (Lipinski definition) is 2. The second-order valence-corrected chi connectivity index (χ2v) is 4.02. The molecule has 0 radical (unpaired) electrons. The molecule has 2 nitrogen and oxygen atoms in total. The second kappa shape index (κ2) is 5.83. The first-order valence-electron chi connectivity index (χ1n) is 5.25. The van der Waals surface area contributed by atoms with Crippen LogP contribution in [0.15, 0.2) is 18.2 Å². The Balaban J connectivity index is 2.64. The van der Waals surface area contributed by atoms with Gasteiger partial charge in [0.15, 0.2) is 0 Å². The van der Waals surface area contributed by atoms with Crippen LogP contribution in [0.5, 0.6) is 0 Å². The Morgan fingerprint density at radius 1 is 1.33 bits per heavy atom. The lowest BCUT2D eigenvalue weighted by Crippen LogP contribution is -2.24. The summed E-state index contributed by atoms with van der Waals surface area (Å²) in [4.78, 5) is 1.37. The average Bonchev–Trinajstić information content (AvgIpc) is 2.28. The first kappa shape index (κ1) is 14.5. The van der Waals surface area contributed by atoms with Crippen LogP contribution in [-0.2, 0) is 6.54 Å². The van der Waals surface area contributed by atoms with Crippen LogP contribution in [0.4, 0.5) is 17.6 Å². The molecule has 0 aromatic heterocycles. The standard InChI is InChI=1S/C12H12F4N2/c1-18(5-4-12(14,15)16)8-10-6-9(7-17)2-3-11(10)13/h2-3,6H,4-5,8H2,1H3. The number of benzene rings is 1. The first-order valence-corrected chi connectivity index (χ1v) is 5.25. The van der Waals surface area contributed by atoms with Gasteiger partial charge in [0.2, 0.25) is 0 Å². The van der Waals surface area contributed by atoms with E-state index < -0.39 is 18.4 Å². The van der Waals surface area contributed by atoms with Crippen molar-refractivity contribution in [3.63, 3.8) is 0 Å². The Bertz CT molecular complexity index is 448. The minimum Gasteiger partial charge on any atom is -0.302 e. The molecule has 0 saturated carbocycles. The van der Waals surface area contributed by atoms with E-state index in [-0.39, 0.29) is 24.2 Å². The van der Waals surface area contributed by atoms with Crippen LogP contribution >= 0.6 is 0 Å². The Morgan fingerprint density at radius 3 is 2.56 bits per heavy atom. The van der Waals surface area contributed by atoms with E-state index in [9.17, 15) is 17.6 Å². The smallest absolute Gasteiger partial charge is 0.302 e. The lowest BCUT2D eigenvalue weighted by molar-refractivity contribution is -0.137. The molecule has 6 heteroatoms. The molecule has 0 unspecified atom stereocenters. The van der Waals surface area contributed by atoms with Crippen LogP contribution in [0.3, 0.4) is 0 Å². The minimum atomic E-state index is -4.22. The van der Waals surface area contributed by atoms with Crippen molar-refractivity contribution in [1.29, 1.82) is 5.26 Å². The van der Waals surface area contributed by atoms with Gasteiger partial charge in [-0.1, -0.05) is 0 Å². The van der Waals surface area contributed by atoms with Crippen molar-refractivity contribution >= 4 is 0 Å². The lowest BCUT2D eigenvalue weighted by atomic mass is 10.1. The quantitative estimate of drug-likeness (QED) is 0.778. The van der Waals surface area contributed by atoms with Crippen molar-refractivity contribution in [2.45, 2.75) is 19.1 Å². The molecule has 0 atom stereocenters. The maximum Gasteiger partial charge on any atom is 0.390 e. The fourth-order valence-corrected chi connectivity index (χ4v) is 1.45. The van der Waals surface area contributed by atoms with Crippen LogP contribution in [0.2, 0.25) is 0 Å². The molecule has 0 heterocycles. The van der Waals surface area contributed by atoms with E-state index in [2.05, 4.69) is 0 Å². The minimum absolute atomic E-state index is 0.0391. The van der Waals surface area contributed by atoms with E-state index in [1.165, 1.54) is 24.1 Å². The van der Waals surface area contributed by atoms with E-state index in [1.807, 2.05) is 6.07 Å². The van der Waals surface area contributed by atoms with Crippen LogP contribution < -0.4 is 0 Å². The number of nitriles is 1. The predicted molar refractivity (Wildman–Crippen MR) is 58.1 cm³/mol. The summed E-state index contributed by atoms with van der Waals surface area (Å²) in [5.41, 5.74) is 0.509. The van der Waals surface area contributed by atoms with E-state index in [4.69, 9.17) is 5.26 Å². The van der Waals surface area contributed by atoms with E-state index in [0.29, 0.717) is 0 Å². The normalized spacial score (nSPS) is 11.6. The highest BCUT2D eigenvalue weighted by atomic mass is 19.4. The predicted octanol–water partition coefficient (Wildman–Crippen LogP) is 3.08. The molecule has 0 fully saturated rings. The highest BCUT2D eigenvalue weighted by molar-refractivity contribution is 5.33. The maximum atomic E-state index is 13.4. The third-order valence-electron chi connectivity index (χ3n) is 2.39. The molecule has 0 aliphatic heterocycles. The molecule has 0 saturated heterocycles. The monoisotopic (exact) mass is 260 g/mol. The van der Waals surface area contributed by atoms with Crippen molar-refractivity contribution in [3.8, 4) is 6.07 Å². The Morgan fingerprint density at radius 2 is 2.00 bits per heavy atom. The van der Waals surface area contributed by atoms with E-state index in [0.717, 1.165) is 6.07 Å². The van der Waals surface area contributed by atoms with Gasteiger partial charge in [-0.15, -0.1) is 0 Å². The van der Waals surface area contributed by atoms with Crippen LogP contribution in [0.1, 0.15) is 17.5 Å². The molecule has 0 spiro atoms. The zero-order chi connectivity index (χ0) is 13.8. The van der Waals surface area contributed by atoms with Crippen molar-refractivity contribution in [3.05, 3.63) is 35.1 Å². The fourth-order valence-electron chi connectivity index (χ4n) is 1.45. The lowest BCUT2D eigenvalue weighted by Gasteiger charge is -2.18. The molecule has 1 aromatic carbocycles. The molecule has 98 valence electrons. The molecule has 0 amide bonds. The topological polar surface area (TPSA) is 27.0 Å². The van der Waals surface area contributed by atoms with Gasteiger partial charge in [0.05, 0.1) is 18.1 Å². The Hall–Kier alpha value is -1.61. The van der Waals surface area contributed by atoms with E-state index >= 15 is 0 Å². The van der Waals surface area contributed by atoms with Gasteiger partial charge in [-0.3, -0.25) is 0 Å². The summed E-state index contributed by atoms with van der Waals surface area (Å²) in [6.07, 6.45) is -5.16. The number of alkyl halides is 3. The van der Waals surface area contributed by atoms with Gasteiger partial charge in [-0.05, 0) is 25.2 Å². The highest BCUT2D eigenvalue weighted by Crippen LogP contribution is 2.20. The molecular weight excluding hydrogens is 248 g/mol. The molecule has 0 aliphatic rings. The highest BCUT2D eigenvalue weighted by Gasteiger charge is 2.27. The van der Waals surface area contributed by atoms with Crippen LogP contribution in [-0.4, -0.2) is 24.7 Å². The molecule has 18 heavy (non-hydrogen) atoms. The SMILES string of the molecule is CN(CCC(F)(F)F)Cc1cc(C#N)ccc1F. The van der Waals surface area contributed by atoms with Crippen LogP contribution in [0.25, 0.3) is 0 Å². The summed E-state index contributed by atoms with van der Waals surface area (Å²) in [6, 6.07) is 5.68. The summed E-state index contributed by atoms with van der Waals surface area (Å²) in [7, 11) is 1.48. The number of halogens is 4. The van der Waals surface area contributed by atoms with Crippen LogP contribution in [0, 0.1) is 17.1 Å². The summed E-state index contributed by atoms with van der Waals surface area (Å²) in [6.45, 7) is -0.169. The largest absolute Gasteiger partial charge is 0.390 e. The zero-order valence-corrected chi connectivity index (χ0v) is 9.76. The molecule has 1 aromatic rings. The fraction of sp³-hybridized carbons (Fsp3) is 0.417. The third-order valence-corrected chi connectivity index (χ3v) is 2.39. The number of hydrogen-bond donors (Lipinski definition) is 0. The number of nitrogens with zero attached hydrogens (tertiary/aromatic N) is 2. The molecule has 0 bridgehead atoms. The summed E-state index contributed by atoms with van der Waals surface area (Å²) in [5.74, 6) is -0.521. The summed E-state index contributed by atoms with van der Waals surface area (Å²) >= 11 is 0. The molecule has 1 rings (SSSR count). The van der Waals surface area contributed by atoms with Gasteiger partial charge >= 0.3 is 6.18 Å². The summed E-state index contributed by atoms with van der Waals surface area (Å²) < 4.78 is 49.4. The Kier molecular flexibility index (Phi) is 4.68. The van der Waals surface area contributed by atoms with Crippen molar-refractivity contribution < 1.29 is 17.6 Å². The van der Waals surface area contributed by atoms with E-state index in [1.54, 1.807) is 0 Å². The van der Waals surface area contributed by atoms with Gasteiger partial charge < -0.3 is 4.90 Å². The van der Waals surface area contributed by atoms with Gasteiger partial charge in [0.25, 0.3) is 0 Å². The van der Waals surface area contributed by atoms with Gasteiger partial charge in [-0.2, -0.15) is 18.4 Å². The van der Waals surface area contributed by atoms with Crippen molar-refractivity contribution in [2.24, 2.45) is 0 Å². The van der Waals surface area contributed by atoms with Gasteiger partial charge in [0.1, 0.15) is 5.82 Å². The van der Waals surface area contributed by atoms with Crippen molar-refractivity contribution in [1.82, 2.24) is 4.90 Å². The number of rotatable bonds is 4. The van der Waals surface area contributed by atoms with Gasteiger partial charge in [0, 0.05) is 18.7 Å². The first-order chi connectivity index (χ1) is 8.31. The zero-order valence-electron chi connectivity index (χ0n) is 9.76. The average molecular weight is 260 g/mol. The van der Waals surface area contributed by atoms with Gasteiger partial charge in [-0.25, -0.2) is 4.39 Å². The summed E-state index contributed by atoms with van der Waals surface area (Å²) in [5, 5.41) is 8.66. The van der Waals surface area contributed by atoms with Crippen molar-refractivity contribution in [2.75, 3.05) is 13.6 Å². The second-order valence-electron chi connectivity index (χ2n) is 4.02. The maximum absolute atomic E-state index is 13.4. The molecule has 0 N–H and O–H groups in total. The molecular formula is C12H12F4N2. The molecule has 0 aliphatic carbocycles.